The quantitative estimate of drug-likeness (QED) is 0.755. The zero-order chi connectivity index (χ0) is 13.6. The molecule has 0 radical (unpaired) electrons. The van der Waals surface area contributed by atoms with Crippen LogP contribution in [-0.2, 0) is 9.53 Å². The van der Waals surface area contributed by atoms with Crippen LogP contribution in [0.5, 0.6) is 0 Å². The Hall–Kier alpha value is -0.610. The molecule has 1 rings (SSSR count). The monoisotopic (exact) mass is 256 g/mol. The molecule has 1 aliphatic rings. The summed E-state index contributed by atoms with van der Waals surface area (Å²) in [7, 11) is 1.68. The van der Waals surface area contributed by atoms with Crippen LogP contribution in [0.4, 0.5) is 0 Å². The number of rotatable bonds is 7. The fourth-order valence-corrected chi connectivity index (χ4v) is 2.65. The van der Waals surface area contributed by atoms with Gasteiger partial charge in [-0.15, -0.1) is 0 Å². The summed E-state index contributed by atoms with van der Waals surface area (Å²) in [6, 6.07) is 0.276. The Bertz CT molecular complexity index is 263. The molecule has 1 heterocycles. The van der Waals surface area contributed by atoms with Crippen molar-refractivity contribution in [3.8, 4) is 0 Å². The first-order valence-electron chi connectivity index (χ1n) is 7.16. The smallest absolute Gasteiger partial charge is 0.243 e. The molecule has 1 aliphatic heterocycles. The summed E-state index contributed by atoms with van der Waals surface area (Å²) in [5.41, 5.74) is -0.322. The number of hydrogen-bond donors (Lipinski definition) is 1. The number of carbonyl (C=O) groups excluding carboxylic acids is 1. The molecule has 0 bridgehead atoms. The van der Waals surface area contributed by atoms with E-state index in [1.54, 1.807) is 7.11 Å². The van der Waals surface area contributed by atoms with Gasteiger partial charge in [0.05, 0.1) is 12.1 Å². The van der Waals surface area contributed by atoms with E-state index in [1.807, 2.05) is 4.90 Å². The molecule has 1 N–H and O–H groups in total. The van der Waals surface area contributed by atoms with E-state index in [4.69, 9.17) is 4.74 Å². The molecule has 2 unspecified atom stereocenters. The summed E-state index contributed by atoms with van der Waals surface area (Å²) < 4.78 is 5.13. The van der Waals surface area contributed by atoms with Crippen molar-refractivity contribution in [3.63, 3.8) is 0 Å². The normalized spacial score (nSPS) is 25.1. The van der Waals surface area contributed by atoms with Gasteiger partial charge >= 0.3 is 0 Å². The highest BCUT2D eigenvalue weighted by Crippen LogP contribution is 2.26. The minimum absolute atomic E-state index is 0.258. The summed E-state index contributed by atoms with van der Waals surface area (Å²) in [6.07, 6.45) is 3.90. The highest BCUT2D eigenvalue weighted by molar-refractivity contribution is 5.87. The van der Waals surface area contributed by atoms with E-state index in [0.29, 0.717) is 13.2 Å². The Kier molecular flexibility index (Phi) is 6.09. The van der Waals surface area contributed by atoms with Crippen molar-refractivity contribution in [2.75, 3.05) is 26.8 Å². The lowest BCUT2D eigenvalue weighted by Crippen LogP contribution is -2.57. The van der Waals surface area contributed by atoms with Gasteiger partial charge < -0.3 is 15.0 Å². The van der Waals surface area contributed by atoms with Crippen molar-refractivity contribution in [1.82, 2.24) is 10.2 Å². The molecule has 4 heteroatoms. The van der Waals surface area contributed by atoms with Crippen molar-refractivity contribution < 1.29 is 9.53 Å². The second-order valence-electron chi connectivity index (χ2n) is 5.21. The van der Waals surface area contributed by atoms with Crippen molar-refractivity contribution in [2.45, 2.75) is 58.0 Å². The van der Waals surface area contributed by atoms with Gasteiger partial charge in [0.25, 0.3) is 0 Å². The molecule has 4 nitrogen and oxygen atoms in total. The third kappa shape index (κ3) is 3.23. The number of amides is 1. The fraction of sp³-hybridized carbons (Fsp3) is 0.929. The maximum Gasteiger partial charge on any atom is 0.243 e. The van der Waals surface area contributed by atoms with Gasteiger partial charge in [0.15, 0.2) is 0 Å². The van der Waals surface area contributed by atoms with E-state index in [9.17, 15) is 4.79 Å². The molecule has 1 fully saturated rings. The molecule has 1 saturated heterocycles. The van der Waals surface area contributed by atoms with Crippen molar-refractivity contribution >= 4 is 5.91 Å². The average molecular weight is 256 g/mol. The fourth-order valence-electron chi connectivity index (χ4n) is 2.65. The first-order valence-corrected chi connectivity index (χ1v) is 7.16. The minimum atomic E-state index is -0.322. The summed E-state index contributed by atoms with van der Waals surface area (Å²) in [5, 5.41) is 3.42. The highest BCUT2D eigenvalue weighted by atomic mass is 16.5. The molecule has 0 aliphatic carbocycles. The van der Waals surface area contributed by atoms with Gasteiger partial charge in [0.1, 0.15) is 0 Å². The molecule has 0 aromatic rings. The lowest BCUT2D eigenvalue weighted by atomic mass is 9.91. The Morgan fingerprint density at radius 2 is 2.22 bits per heavy atom. The third-order valence-electron chi connectivity index (χ3n) is 4.18. The zero-order valence-corrected chi connectivity index (χ0v) is 12.3. The molecule has 0 saturated carbocycles. The van der Waals surface area contributed by atoms with Crippen LogP contribution in [-0.4, -0.2) is 49.2 Å². The average Bonchev–Trinajstić information content (AvgIpc) is 2.88. The summed E-state index contributed by atoms with van der Waals surface area (Å²) in [4.78, 5) is 14.8. The van der Waals surface area contributed by atoms with Crippen LogP contribution >= 0.6 is 0 Å². The number of nitrogens with one attached hydrogen (secondary N) is 1. The predicted octanol–water partition coefficient (Wildman–Crippen LogP) is 1.79. The summed E-state index contributed by atoms with van der Waals surface area (Å²) >= 11 is 0. The lowest BCUT2D eigenvalue weighted by molar-refractivity contribution is -0.141. The van der Waals surface area contributed by atoms with Gasteiger partial charge in [-0.1, -0.05) is 13.8 Å². The van der Waals surface area contributed by atoms with Gasteiger partial charge in [-0.2, -0.15) is 0 Å². The molecule has 0 spiro atoms. The maximum absolute atomic E-state index is 12.8. The van der Waals surface area contributed by atoms with Gasteiger partial charge in [-0.05, 0) is 39.2 Å². The number of nitrogens with zero attached hydrogens (tertiary/aromatic N) is 1. The second kappa shape index (κ2) is 7.10. The van der Waals surface area contributed by atoms with E-state index >= 15 is 0 Å². The Labute approximate surface area is 111 Å². The largest absolute Gasteiger partial charge is 0.383 e. The van der Waals surface area contributed by atoms with Crippen LogP contribution in [0.15, 0.2) is 0 Å². The second-order valence-corrected chi connectivity index (χ2v) is 5.21. The SMILES string of the molecule is CCC(C)N(CCOC)C(=O)C1(CC)CCCN1. The van der Waals surface area contributed by atoms with Crippen LogP contribution in [0.3, 0.4) is 0 Å². The number of carbonyl (C=O) groups is 1. The Morgan fingerprint density at radius 3 is 2.67 bits per heavy atom. The van der Waals surface area contributed by atoms with Gasteiger partial charge in [-0.25, -0.2) is 0 Å². The van der Waals surface area contributed by atoms with E-state index in [2.05, 4.69) is 26.1 Å². The minimum Gasteiger partial charge on any atom is -0.383 e. The molecule has 106 valence electrons. The number of methoxy groups -OCH3 is 1. The van der Waals surface area contributed by atoms with E-state index in [0.717, 1.165) is 32.2 Å². The molecule has 0 aromatic carbocycles. The van der Waals surface area contributed by atoms with E-state index < -0.39 is 0 Å². The number of ether oxygens (including phenoxy) is 1. The number of hydrogen-bond acceptors (Lipinski definition) is 3. The van der Waals surface area contributed by atoms with Gasteiger partial charge in [0, 0.05) is 19.7 Å². The Morgan fingerprint density at radius 1 is 1.50 bits per heavy atom. The summed E-state index contributed by atoms with van der Waals surface area (Å²) in [6.45, 7) is 8.59. The van der Waals surface area contributed by atoms with Crippen LogP contribution in [0.2, 0.25) is 0 Å². The van der Waals surface area contributed by atoms with Crippen molar-refractivity contribution in [3.05, 3.63) is 0 Å². The van der Waals surface area contributed by atoms with E-state index in [1.165, 1.54) is 0 Å². The lowest BCUT2D eigenvalue weighted by Gasteiger charge is -2.37. The molecular weight excluding hydrogens is 228 g/mol. The van der Waals surface area contributed by atoms with Crippen molar-refractivity contribution in [2.24, 2.45) is 0 Å². The third-order valence-corrected chi connectivity index (χ3v) is 4.18. The van der Waals surface area contributed by atoms with Crippen LogP contribution < -0.4 is 5.32 Å². The van der Waals surface area contributed by atoms with Crippen molar-refractivity contribution in [1.29, 1.82) is 0 Å². The first-order chi connectivity index (χ1) is 8.61. The topological polar surface area (TPSA) is 41.6 Å². The summed E-state index contributed by atoms with van der Waals surface area (Å²) in [5.74, 6) is 0.258. The zero-order valence-electron chi connectivity index (χ0n) is 12.3. The van der Waals surface area contributed by atoms with Gasteiger partial charge in [-0.3, -0.25) is 4.79 Å². The highest BCUT2D eigenvalue weighted by Gasteiger charge is 2.42. The van der Waals surface area contributed by atoms with Crippen LogP contribution in [0, 0.1) is 0 Å². The van der Waals surface area contributed by atoms with Gasteiger partial charge in [0.2, 0.25) is 5.91 Å². The standard InChI is InChI=1S/C14H28N2O2/c1-5-12(3)16(10-11-18-4)13(17)14(6-2)8-7-9-15-14/h12,15H,5-11H2,1-4H3. The molecule has 0 aromatic heterocycles. The van der Waals surface area contributed by atoms with Crippen LogP contribution in [0.1, 0.15) is 46.5 Å². The molecule has 18 heavy (non-hydrogen) atoms. The van der Waals surface area contributed by atoms with Crippen LogP contribution in [0.25, 0.3) is 0 Å². The predicted molar refractivity (Wildman–Crippen MR) is 73.6 cm³/mol. The molecule has 2 atom stereocenters. The van der Waals surface area contributed by atoms with E-state index in [-0.39, 0.29) is 17.5 Å². The molecule has 1 amide bonds. The maximum atomic E-state index is 12.8. The first kappa shape index (κ1) is 15.4. The molecular formula is C14H28N2O2. The Balaban J connectivity index is 2.79.